The van der Waals surface area contributed by atoms with Gasteiger partial charge in [-0.05, 0) is 36.5 Å². The van der Waals surface area contributed by atoms with Gasteiger partial charge in [0.1, 0.15) is 11.4 Å². The summed E-state index contributed by atoms with van der Waals surface area (Å²) in [5.74, 6) is -1.04. The highest BCUT2D eigenvalue weighted by molar-refractivity contribution is 6.35. The van der Waals surface area contributed by atoms with E-state index in [0.29, 0.717) is 5.76 Å². The molecule has 1 aromatic heterocycles. The summed E-state index contributed by atoms with van der Waals surface area (Å²) in [6.45, 7) is 0.223. The van der Waals surface area contributed by atoms with Crippen LogP contribution in [0, 0.1) is 5.92 Å². The summed E-state index contributed by atoms with van der Waals surface area (Å²) in [5.41, 5.74) is -0.359. The van der Waals surface area contributed by atoms with E-state index in [0.717, 1.165) is 18.4 Å². The lowest BCUT2D eigenvalue weighted by Gasteiger charge is -2.26. The van der Waals surface area contributed by atoms with Crippen LogP contribution in [0.5, 0.6) is 0 Å². The number of amides is 2. The second-order valence-corrected chi connectivity index (χ2v) is 6.03. The third-order valence-corrected chi connectivity index (χ3v) is 4.22. The Labute approximate surface area is 139 Å². The minimum Gasteiger partial charge on any atom is -0.466 e. The van der Waals surface area contributed by atoms with Gasteiger partial charge < -0.3 is 20.2 Å². The Hall–Kier alpha value is -2.60. The molecule has 0 spiro atoms. The van der Waals surface area contributed by atoms with Gasteiger partial charge in [0.15, 0.2) is 0 Å². The predicted molar refractivity (Wildman–Crippen MR) is 86.6 cm³/mol. The van der Waals surface area contributed by atoms with Crippen molar-refractivity contribution in [2.24, 2.45) is 5.92 Å². The van der Waals surface area contributed by atoms with Crippen LogP contribution in [0.25, 0.3) is 0 Å². The minimum atomic E-state index is -1.27. The highest BCUT2D eigenvalue weighted by atomic mass is 16.4. The molecule has 0 aliphatic heterocycles. The molecule has 3 rings (SSSR count). The number of nitrogens with one attached hydrogen (secondary N) is 2. The molecule has 6 nitrogen and oxygen atoms in total. The average molecular weight is 328 g/mol. The molecule has 1 saturated carbocycles. The molecule has 0 radical (unpaired) electrons. The molecule has 2 amide bonds. The molecule has 2 aromatic rings. The first-order valence-corrected chi connectivity index (χ1v) is 7.96. The second-order valence-electron chi connectivity index (χ2n) is 6.03. The van der Waals surface area contributed by atoms with Gasteiger partial charge in [-0.3, -0.25) is 9.59 Å². The van der Waals surface area contributed by atoms with Crippen LogP contribution in [0.2, 0.25) is 0 Å². The number of carbonyl (C=O) groups excluding carboxylic acids is 2. The summed E-state index contributed by atoms with van der Waals surface area (Å²) in [6.07, 6.45) is 3.22. The second kappa shape index (κ2) is 6.88. The van der Waals surface area contributed by atoms with E-state index < -0.39 is 17.4 Å². The van der Waals surface area contributed by atoms with Crippen molar-refractivity contribution >= 4 is 11.8 Å². The lowest BCUT2D eigenvalue weighted by atomic mass is 9.94. The Morgan fingerprint density at radius 2 is 1.79 bits per heavy atom. The highest BCUT2D eigenvalue weighted by Crippen LogP contribution is 2.45. The van der Waals surface area contributed by atoms with Crippen LogP contribution < -0.4 is 10.6 Å². The first kappa shape index (κ1) is 16.3. The van der Waals surface area contributed by atoms with E-state index in [2.05, 4.69) is 10.6 Å². The van der Waals surface area contributed by atoms with Crippen LogP contribution in [-0.2, 0) is 21.7 Å². The van der Waals surface area contributed by atoms with E-state index in [1.807, 2.05) is 30.3 Å². The molecule has 1 atom stereocenters. The van der Waals surface area contributed by atoms with Crippen LogP contribution in [-0.4, -0.2) is 23.5 Å². The predicted octanol–water partition coefficient (Wildman–Crippen LogP) is 1.31. The summed E-state index contributed by atoms with van der Waals surface area (Å²) in [5, 5.41) is 15.9. The van der Waals surface area contributed by atoms with Gasteiger partial charge >= 0.3 is 11.8 Å². The molecule has 24 heavy (non-hydrogen) atoms. The molecule has 0 bridgehead atoms. The van der Waals surface area contributed by atoms with E-state index >= 15 is 0 Å². The largest absolute Gasteiger partial charge is 0.466 e. The van der Waals surface area contributed by atoms with E-state index in [9.17, 15) is 14.7 Å². The third kappa shape index (κ3) is 3.65. The molecule has 1 unspecified atom stereocenters. The van der Waals surface area contributed by atoms with Gasteiger partial charge in [-0.1, -0.05) is 30.3 Å². The summed E-state index contributed by atoms with van der Waals surface area (Å²) >= 11 is 0. The normalized spacial score (nSPS) is 16.2. The van der Waals surface area contributed by atoms with Gasteiger partial charge in [-0.25, -0.2) is 0 Å². The Kier molecular flexibility index (Phi) is 4.66. The van der Waals surface area contributed by atoms with Crippen LogP contribution in [0.4, 0.5) is 0 Å². The lowest BCUT2D eigenvalue weighted by Crippen LogP contribution is -2.47. The summed E-state index contributed by atoms with van der Waals surface area (Å²) in [4.78, 5) is 23.8. The molecule has 3 N–H and O–H groups in total. The number of aliphatic hydroxyl groups is 1. The van der Waals surface area contributed by atoms with E-state index in [1.165, 1.54) is 6.26 Å². The van der Waals surface area contributed by atoms with Gasteiger partial charge in [-0.2, -0.15) is 0 Å². The number of furan rings is 1. The monoisotopic (exact) mass is 328 g/mol. The van der Waals surface area contributed by atoms with E-state index in [-0.39, 0.29) is 19.0 Å². The van der Waals surface area contributed by atoms with Crippen LogP contribution in [0.3, 0.4) is 0 Å². The number of rotatable bonds is 6. The first-order valence-electron chi connectivity index (χ1n) is 7.96. The van der Waals surface area contributed by atoms with Crippen LogP contribution in [0.15, 0.2) is 53.1 Å². The fraction of sp³-hybridized carbons (Fsp3) is 0.333. The fourth-order valence-corrected chi connectivity index (χ4v) is 2.67. The number of carbonyl (C=O) groups is 2. The van der Waals surface area contributed by atoms with Crippen molar-refractivity contribution < 1.29 is 19.1 Å². The Morgan fingerprint density at radius 3 is 2.42 bits per heavy atom. The highest BCUT2D eigenvalue weighted by Gasteiger charge is 2.47. The molecule has 0 saturated heterocycles. The zero-order valence-electron chi connectivity index (χ0n) is 13.2. The Morgan fingerprint density at radius 1 is 1.08 bits per heavy atom. The zero-order chi connectivity index (χ0) is 17.0. The topological polar surface area (TPSA) is 91.6 Å². The van der Waals surface area contributed by atoms with Gasteiger partial charge in [0.25, 0.3) is 0 Å². The van der Waals surface area contributed by atoms with Crippen molar-refractivity contribution in [3.63, 3.8) is 0 Å². The summed E-state index contributed by atoms with van der Waals surface area (Å²) in [6, 6.07) is 12.7. The Balaban J connectivity index is 1.53. The van der Waals surface area contributed by atoms with Crippen LogP contribution in [0.1, 0.15) is 24.2 Å². The quantitative estimate of drug-likeness (QED) is 0.697. The maximum atomic E-state index is 12.0. The maximum Gasteiger partial charge on any atom is 0.309 e. The molecule has 126 valence electrons. The SMILES string of the molecule is O=C(NCc1ccccc1)C(=O)NCC(O)(c1ccco1)C1CC1. The van der Waals surface area contributed by atoms with Gasteiger partial charge in [-0.15, -0.1) is 0 Å². The van der Waals surface area contributed by atoms with Crippen molar-refractivity contribution in [3.8, 4) is 0 Å². The lowest BCUT2D eigenvalue weighted by molar-refractivity contribution is -0.140. The molecular weight excluding hydrogens is 308 g/mol. The van der Waals surface area contributed by atoms with Gasteiger partial charge in [0.05, 0.1) is 12.8 Å². The van der Waals surface area contributed by atoms with Crippen molar-refractivity contribution in [1.82, 2.24) is 10.6 Å². The average Bonchev–Trinajstić information content (AvgIpc) is 3.33. The Bertz CT molecular complexity index is 695. The molecular formula is C18H20N2O4. The smallest absolute Gasteiger partial charge is 0.309 e. The van der Waals surface area contributed by atoms with E-state index in [1.54, 1.807) is 12.1 Å². The number of benzene rings is 1. The van der Waals surface area contributed by atoms with Gasteiger partial charge in [0, 0.05) is 6.54 Å². The van der Waals surface area contributed by atoms with Crippen LogP contribution >= 0.6 is 0 Å². The molecule has 1 fully saturated rings. The minimum absolute atomic E-state index is 0.0383. The van der Waals surface area contributed by atoms with Crippen molar-refractivity contribution in [3.05, 3.63) is 60.1 Å². The third-order valence-electron chi connectivity index (χ3n) is 4.22. The molecule has 1 aliphatic carbocycles. The zero-order valence-corrected chi connectivity index (χ0v) is 13.2. The maximum absolute atomic E-state index is 12.0. The summed E-state index contributed by atoms with van der Waals surface area (Å²) in [7, 11) is 0. The molecule has 1 aliphatic rings. The molecule has 6 heteroatoms. The van der Waals surface area contributed by atoms with Crippen molar-refractivity contribution in [1.29, 1.82) is 0 Å². The van der Waals surface area contributed by atoms with Gasteiger partial charge in [0.2, 0.25) is 0 Å². The van der Waals surface area contributed by atoms with E-state index in [4.69, 9.17) is 4.42 Å². The number of hydrogen-bond donors (Lipinski definition) is 3. The fourth-order valence-electron chi connectivity index (χ4n) is 2.67. The number of hydrogen-bond acceptors (Lipinski definition) is 4. The first-order chi connectivity index (χ1) is 11.6. The molecule has 1 heterocycles. The van der Waals surface area contributed by atoms with Crippen molar-refractivity contribution in [2.45, 2.75) is 25.0 Å². The van der Waals surface area contributed by atoms with Crippen molar-refractivity contribution in [2.75, 3.05) is 6.54 Å². The standard InChI is InChI=1S/C18H20N2O4/c21-16(19-11-13-5-2-1-3-6-13)17(22)20-12-18(23,14-8-9-14)15-7-4-10-24-15/h1-7,10,14,23H,8-9,11-12H2,(H,19,21)(H,20,22). The molecule has 1 aromatic carbocycles. The summed E-state index contributed by atoms with van der Waals surface area (Å²) < 4.78 is 5.30.